The van der Waals surface area contributed by atoms with Crippen molar-refractivity contribution in [3.63, 3.8) is 0 Å². The molecule has 1 fully saturated rings. The average molecular weight is 270 g/mol. The highest BCUT2D eigenvalue weighted by molar-refractivity contribution is 6.29. The molecule has 6 heteroatoms. The quantitative estimate of drug-likeness (QED) is 0.828. The van der Waals surface area contributed by atoms with Gasteiger partial charge in [-0.15, -0.1) is 0 Å². The lowest BCUT2D eigenvalue weighted by atomic mass is 10.3. The van der Waals surface area contributed by atoms with Crippen molar-refractivity contribution in [2.75, 3.05) is 13.2 Å². The SMILES string of the molecule is O=C(NCCOC1CCCC1)c1cncc(Cl)n1. The van der Waals surface area contributed by atoms with Gasteiger partial charge in [0.1, 0.15) is 10.8 Å². The average Bonchev–Trinajstić information content (AvgIpc) is 2.87. The second kappa shape index (κ2) is 6.66. The number of carbonyl (C=O) groups is 1. The fourth-order valence-corrected chi connectivity index (χ4v) is 2.13. The summed E-state index contributed by atoms with van der Waals surface area (Å²) in [4.78, 5) is 19.4. The number of hydrogen-bond acceptors (Lipinski definition) is 4. The van der Waals surface area contributed by atoms with Crippen LogP contribution in [0.5, 0.6) is 0 Å². The Hall–Kier alpha value is -1.20. The molecule has 1 N–H and O–H groups in total. The lowest BCUT2D eigenvalue weighted by molar-refractivity contribution is 0.0581. The summed E-state index contributed by atoms with van der Waals surface area (Å²) < 4.78 is 5.64. The number of nitrogens with one attached hydrogen (secondary N) is 1. The summed E-state index contributed by atoms with van der Waals surface area (Å²) in [6.45, 7) is 1.01. The molecule has 0 spiro atoms. The van der Waals surface area contributed by atoms with E-state index in [1.807, 2.05) is 0 Å². The van der Waals surface area contributed by atoms with Gasteiger partial charge in [0.15, 0.2) is 0 Å². The second-order valence-electron chi connectivity index (χ2n) is 4.26. The molecule has 1 heterocycles. The van der Waals surface area contributed by atoms with E-state index in [0.717, 1.165) is 12.8 Å². The molecule has 1 amide bonds. The maximum atomic E-state index is 11.7. The van der Waals surface area contributed by atoms with Crippen molar-refractivity contribution in [2.45, 2.75) is 31.8 Å². The second-order valence-corrected chi connectivity index (χ2v) is 4.65. The van der Waals surface area contributed by atoms with Gasteiger partial charge in [0.05, 0.1) is 25.1 Å². The Morgan fingerprint density at radius 3 is 2.94 bits per heavy atom. The van der Waals surface area contributed by atoms with Crippen molar-refractivity contribution in [3.05, 3.63) is 23.2 Å². The van der Waals surface area contributed by atoms with E-state index in [0.29, 0.717) is 19.3 Å². The van der Waals surface area contributed by atoms with Crippen molar-refractivity contribution in [1.29, 1.82) is 0 Å². The first-order chi connectivity index (χ1) is 8.75. The van der Waals surface area contributed by atoms with Crippen LogP contribution in [0.2, 0.25) is 5.15 Å². The molecule has 0 saturated heterocycles. The normalized spacial score (nSPS) is 15.8. The van der Waals surface area contributed by atoms with Crippen molar-refractivity contribution < 1.29 is 9.53 Å². The Bertz CT molecular complexity index is 408. The van der Waals surface area contributed by atoms with Gasteiger partial charge in [-0.2, -0.15) is 0 Å². The molecule has 1 saturated carbocycles. The summed E-state index contributed by atoms with van der Waals surface area (Å²) >= 11 is 5.66. The van der Waals surface area contributed by atoms with Gasteiger partial charge in [-0.1, -0.05) is 24.4 Å². The Morgan fingerprint density at radius 1 is 1.44 bits per heavy atom. The van der Waals surface area contributed by atoms with Crippen molar-refractivity contribution in [3.8, 4) is 0 Å². The van der Waals surface area contributed by atoms with Gasteiger partial charge in [0.25, 0.3) is 5.91 Å². The van der Waals surface area contributed by atoms with E-state index in [9.17, 15) is 4.79 Å². The van der Waals surface area contributed by atoms with Crippen LogP contribution in [0.3, 0.4) is 0 Å². The summed E-state index contributed by atoms with van der Waals surface area (Å²) in [5.41, 5.74) is 0.225. The summed E-state index contributed by atoms with van der Waals surface area (Å²) in [5, 5.41) is 2.94. The zero-order valence-electron chi connectivity index (χ0n) is 10.1. The Kier molecular flexibility index (Phi) is 4.90. The molecule has 0 aromatic carbocycles. The molecule has 18 heavy (non-hydrogen) atoms. The molecule has 1 aromatic rings. The van der Waals surface area contributed by atoms with Crippen LogP contribution < -0.4 is 5.32 Å². The zero-order chi connectivity index (χ0) is 12.8. The van der Waals surface area contributed by atoms with Crippen molar-refractivity contribution >= 4 is 17.5 Å². The molecular formula is C12H16ClN3O2. The number of aromatic nitrogens is 2. The molecule has 0 bridgehead atoms. The number of hydrogen-bond donors (Lipinski definition) is 1. The lowest BCUT2D eigenvalue weighted by Gasteiger charge is -2.11. The summed E-state index contributed by atoms with van der Waals surface area (Å²) in [6, 6.07) is 0. The molecule has 2 rings (SSSR count). The van der Waals surface area contributed by atoms with E-state index < -0.39 is 0 Å². The lowest BCUT2D eigenvalue weighted by Crippen LogP contribution is -2.29. The van der Waals surface area contributed by atoms with Crippen LogP contribution in [0.25, 0.3) is 0 Å². The smallest absolute Gasteiger partial charge is 0.271 e. The molecule has 98 valence electrons. The van der Waals surface area contributed by atoms with Crippen LogP contribution in [0.1, 0.15) is 36.2 Å². The van der Waals surface area contributed by atoms with E-state index in [2.05, 4.69) is 15.3 Å². The third-order valence-corrected chi connectivity index (χ3v) is 3.06. The molecule has 1 aliphatic carbocycles. The summed E-state index contributed by atoms with van der Waals surface area (Å²) in [7, 11) is 0. The molecule has 0 aliphatic heterocycles. The molecule has 1 aliphatic rings. The monoisotopic (exact) mass is 269 g/mol. The van der Waals surface area contributed by atoms with Crippen molar-refractivity contribution in [2.24, 2.45) is 0 Å². The summed E-state index contributed by atoms with van der Waals surface area (Å²) in [6.07, 6.45) is 7.90. The maximum Gasteiger partial charge on any atom is 0.271 e. The Balaban J connectivity index is 1.68. The molecule has 5 nitrogen and oxygen atoms in total. The number of amides is 1. The minimum absolute atomic E-state index is 0.213. The summed E-state index contributed by atoms with van der Waals surface area (Å²) in [5.74, 6) is -0.278. The number of halogens is 1. The van der Waals surface area contributed by atoms with Crippen LogP contribution in [0.15, 0.2) is 12.4 Å². The highest BCUT2D eigenvalue weighted by Crippen LogP contribution is 2.20. The molecule has 1 aromatic heterocycles. The van der Waals surface area contributed by atoms with Crippen LogP contribution in [0.4, 0.5) is 0 Å². The fraction of sp³-hybridized carbons (Fsp3) is 0.583. The molecule has 0 atom stereocenters. The van der Waals surface area contributed by atoms with Gasteiger partial charge in [-0.05, 0) is 12.8 Å². The first-order valence-corrected chi connectivity index (χ1v) is 6.51. The predicted octanol–water partition coefficient (Wildman–Crippen LogP) is 1.82. The molecular weight excluding hydrogens is 254 g/mol. The molecule has 0 radical (unpaired) electrons. The van der Waals surface area contributed by atoms with E-state index >= 15 is 0 Å². The number of ether oxygens (including phenoxy) is 1. The van der Waals surface area contributed by atoms with Crippen molar-refractivity contribution in [1.82, 2.24) is 15.3 Å². The minimum Gasteiger partial charge on any atom is -0.376 e. The van der Waals surface area contributed by atoms with Crippen LogP contribution in [0, 0.1) is 0 Å². The number of rotatable bonds is 5. The van der Waals surface area contributed by atoms with E-state index in [-0.39, 0.29) is 16.8 Å². The first-order valence-electron chi connectivity index (χ1n) is 6.13. The van der Waals surface area contributed by atoms with Gasteiger partial charge in [0, 0.05) is 6.54 Å². The van der Waals surface area contributed by atoms with Gasteiger partial charge in [0.2, 0.25) is 0 Å². The first kappa shape index (κ1) is 13.2. The zero-order valence-corrected chi connectivity index (χ0v) is 10.8. The number of carbonyl (C=O) groups excluding carboxylic acids is 1. The van der Waals surface area contributed by atoms with Crippen LogP contribution in [-0.4, -0.2) is 35.1 Å². The molecule has 0 unspecified atom stereocenters. The van der Waals surface area contributed by atoms with Gasteiger partial charge < -0.3 is 10.1 Å². The van der Waals surface area contributed by atoms with E-state index in [4.69, 9.17) is 16.3 Å². The largest absolute Gasteiger partial charge is 0.376 e. The van der Waals surface area contributed by atoms with Gasteiger partial charge >= 0.3 is 0 Å². The standard InChI is InChI=1S/C12H16ClN3O2/c13-11-8-14-7-10(16-11)12(17)15-5-6-18-9-3-1-2-4-9/h7-9H,1-6H2,(H,15,17). The van der Waals surface area contributed by atoms with Gasteiger partial charge in [-0.25, -0.2) is 4.98 Å². The third-order valence-electron chi connectivity index (χ3n) is 2.88. The minimum atomic E-state index is -0.278. The fourth-order valence-electron chi connectivity index (χ4n) is 1.99. The topological polar surface area (TPSA) is 64.1 Å². The highest BCUT2D eigenvalue weighted by Gasteiger charge is 2.15. The number of nitrogens with zero attached hydrogens (tertiary/aromatic N) is 2. The van der Waals surface area contributed by atoms with E-state index in [1.54, 1.807) is 0 Å². The van der Waals surface area contributed by atoms with Crippen LogP contribution in [-0.2, 0) is 4.74 Å². The predicted molar refractivity (Wildman–Crippen MR) is 67.6 cm³/mol. The van der Waals surface area contributed by atoms with Gasteiger partial charge in [-0.3, -0.25) is 9.78 Å². The maximum absolute atomic E-state index is 11.7. The van der Waals surface area contributed by atoms with E-state index in [1.165, 1.54) is 25.2 Å². The Labute approximate surface area is 111 Å². The highest BCUT2D eigenvalue weighted by atomic mass is 35.5. The van der Waals surface area contributed by atoms with Crippen LogP contribution >= 0.6 is 11.6 Å². The third kappa shape index (κ3) is 3.92. The Morgan fingerprint density at radius 2 is 2.22 bits per heavy atom.